The lowest BCUT2D eigenvalue weighted by molar-refractivity contribution is 0.0938. The molecule has 1 aromatic carbocycles. The summed E-state index contributed by atoms with van der Waals surface area (Å²) in [6.07, 6.45) is 1.34. The number of aryl methyl sites for hydroxylation is 1. The third kappa shape index (κ3) is 3.79. The van der Waals surface area contributed by atoms with Crippen LogP contribution in [0.2, 0.25) is 0 Å². The summed E-state index contributed by atoms with van der Waals surface area (Å²) < 4.78 is 23.9. The summed E-state index contributed by atoms with van der Waals surface area (Å²) in [5.41, 5.74) is 1.59. The summed E-state index contributed by atoms with van der Waals surface area (Å²) in [6.45, 7) is 1.94. The molecule has 1 unspecified atom stereocenters. The van der Waals surface area contributed by atoms with Crippen LogP contribution in [-0.2, 0) is 9.84 Å². The molecular formula is C13H16BrNO3S. The van der Waals surface area contributed by atoms with Gasteiger partial charge in [-0.05, 0) is 37.5 Å². The highest BCUT2D eigenvalue weighted by atomic mass is 79.9. The minimum Gasteiger partial charge on any atom is -0.348 e. The van der Waals surface area contributed by atoms with Gasteiger partial charge < -0.3 is 5.32 Å². The van der Waals surface area contributed by atoms with Gasteiger partial charge in [0.25, 0.3) is 5.91 Å². The highest BCUT2D eigenvalue weighted by Gasteiger charge is 2.26. The number of rotatable bonds is 2. The lowest BCUT2D eigenvalue weighted by atomic mass is 10.1. The van der Waals surface area contributed by atoms with Gasteiger partial charge in [0.1, 0.15) is 0 Å². The Hall–Kier alpha value is -0.880. The van der Waals surface area contributed by atoms with Crippen molar-refractivity contribution in [1.29, 1.82) is 0 Å². The Kier molecular flexibility index (Phi) is 4.30. The summed E-state index contributed by atoms with van der Waals surface area (Å²) in [4.78, 5) is 12.1. The normalized spacial score (nSPS) is 21.9. The third-order valence-electron chi connectivity index (χ3n) is 3.23. The van der Waals surface area contributed by atoms with Gasteiger partial charge in [-0.15, -0.1) is 0 Å². The Morgan fingerprint density at radius 3 is 2.79 bits per heavy atom. The molecule has 104 valence electrons. The van der Waals surface area contributed by atoms with E-state index < -0.39 is 9.84 Å². The summed E-state index contributed by atoms with van der Waals surface area (Å²) in [5.74, 6) is 0.0594. The number of benzene rings is 1. The van der Waals surface area contributed by atoms with E-state index in [1.54, 1.807) is 12.1 Å². The molecule has 1 amide bonds. The predicted molar refractivity (Wildman–Crippen MR) is 78.0 cm³/mol. The van der Waals surface area contributed by atoms with E-state index in [1.807, 2.05) is 13.0 Å². The van der Waals surface area contributed by atoms with Crippen LogP contribution in [0.4, 0.5) is 0 Å². The lowest BCUT2D eigenvalue weighted by Crippen LogP contribution is -2.43. The average Bonchev–Trinajstić information content (AvgIpc) is 2.31. The maximum Gasteiger partial charge on any atom is 0.251 e. The number of hydrogen-bond acceptors (Lipinski definition) is 3. The average molecular weight is 346 g/mol. The fraction of sp³-hybridized carbons (Fsp3) is 0.462. The smallest absolute Gasteiger partial charge is 0.251 e. The van der Waals surface area contributed by atoms with Gasteiger partial charge in [0.15, 0.2) is 9.84 Å². The molecule has 1 saturated heterocycles. The summed E-state index contributed by atoms with van der Waals surface area (Å²) in [5, 5.41) is 2.80. The molecule has 2 rings (SSSR count). The minimum atomic E-state index is -3.00. The van der Waals surface area contributed by atoms with Crippen LogP contribution in [0.1, 0.15) is 28.8 Å². The Morgan fingerprint density at radius 1 is 1.42 bits per heavy atom. The number of halogens is 1. The molecule has 1 atom stereocenters. The molecule has 0 saturated carbocycles. The van der Waals surface area contributed by atoms with Gasteiger partial charge in [-0.2, -0.15) is 0 Å². The highest BCUT2D eigenvalue weighted by molar-refractivity contribution is 9.10. The van der Waals surface area contributed by atoms with Crippen LogP contribution in [0.5, 0.6) is 0 Å². The van der Waals surface area contributed by atoms with E-state index >= 15 is 0 Å². The maximum atomic E-state index is 12.1. The molecule has 1 N–H and O–H groups in total. The van der Waals surface area contributed by atoms with Gasteiger partial charge in [0, 0.05) is 16.1 Å². The zero-order chi connectivity index (χ0) is 14.0. The third-order valence-corrected chi connectivity index (χ3v) is 5.91. The molecule has 0 radical (unpaired) electrons. The molecule has 0 bridgehead atoms. The van der Waals surface area contributed by atoms with Crippen LogP contribution in [0.15, 0.2) is 22.7 Å². The van der Waals surface area contributed by atoms with Crippen molar-refractivity contribution in [3.05, 3.63) is 33.8 Å². The van der Waals surface area contributed by atoms with Crippen molar-refractivity contribution in [2.75, 3.05) is 11.5 Å². The first-order valence-electron chi connectivity index (χ1n) is 6.15. The van der Waals surface area contributed by atoms with Crippen LogP contribution >= 0.6 is 15.9 Å². The Balaban J connectivity index is 2.06. The number of amides is 1. The quantitative estimate of drug-likeness (QED) is 0.892. The first-order chi connectivity index (χ1) is 8.87. The standard InChI is InChI=1S/C13H16BrNO3S/c1-9-4-5-10(7-12(9)14)13(16)15-11-3-2-6-19(17,18)8-11/h4-5,7,11H,2-3,6,8H2,1H3,(H,15,16). The van der Waals surface area contributed by atoms with Gasteiger partial charge in [0.05, 0.1) is 11.5 Å². The van der Waals surface area contributed by atoms with Gasteiger partial charge in [-0.25, -0.2) is 8.42 Å². The lowest BCUT2D eigenvalue weighted by Gasteiger charge is -2.23. The van der Waals surface area contributed by atoms with E-state index in [1.165, 1.54) is 0 Å². The molecular weight excluding hydrogens is 330 g/mol. The SMILES string of the molecule is Cc1ccc(C(=O)NC2CCCS(=O)(=O)C2)cc1Br. The van der Waals surface area contributed by atoms with Crippen molar-refractivity contribution in [2.24, 2.45) is 0 Å². The van der Waals surface area contributed by atoms with Crippen molar-refractivity contribution in [3.8, 4) is 0 Å². The number of sulfone groups is 1. The summed E-state index contributed by atoms with van der Waals surface area (Å²) >= 11 is 3.38. The molecule has 0 aliphatic carbocycles. The number of nitrogens with one attached hydrogen (secondary N) is 1. The van der Waals surface area contributed by atoms with Gasteiger partial charge in [-0.3, -0.25) is 4.79 Å². The van der Waals surface area contributed by atoms with Crippen LogP contribution in [0.25, 0.3) is 0 Å². The molecule has 1 aliphatic heterocycles. The monoisotopic (exact) mass is 345 g/mol. The molecule has 1 heterocycles. The zero-order valence-electron chi connectivity index (χ0n) is 10.6. The van der Waals surface area contributed by atoms with E-state index in [0.717, 1.165) is 16.5 Å². The fourth-order valence-electron chi connectivity index (χ4n) is 2.14. The van der Waals surface area contributed by atoms with E-state index in [-0.39, 0.29) is 23.5 Å². The molecule has 19 heavy (non-hydrogen) atoms. The second-order valence-electron chi connectivity index (χ2n) is 4.89. The topological polar surface area (TPSA) is 63.2 Å². The Morgan fingerprint density at radius 2 is 2.16 bits per heavy atom. The Labute approximate surface area is 121 Å². The van der Waals surface area contributed by atoms with Crippen LogP contribution in [0, 0.1) is 6.92 Å². The van der Waals surface area contributed by atoms with Crippen LogP contribution < -0.4 is 5.32 Å². The van der Waals surface area contributed by atoms with E-state index in [4.69, 9.17) is 0 Å². The first-order valence-corrected chi connectivity index (χ1v) is 8.76. The van der Waals surface area contributed by atoms with E-state index in [2.05, 4.69) is 21.2 Å². The van der Waals surface area contributed by atoms with E-state index in [0.29, 0.717) is 12.0 Å². The fourth-order valence-corrected chi connectivity index (χ4v) is 4.15. The van der Waals surface area contributed by atoms with Crippen molar-refractivity contribution in [2.45, 2.75) is 25.8 Å². The summed E-state index contributed by atoms with van der Waals surface area (Å²) in [6, 6.07) is 5.08. The van der Waals surface area contributed by atoms with Gasteiger partial charge >= 0.3 is 0 Å². The highest BCUT2D eigenvalue weighted by Crippen LogP contribution is 2.18. The largest absolute Gasteiger partial charge is 0.348 e. The number of carbonyl (C=O) groups is 1. The van der Waals surface area contributed by atoms with Gasteiger partial charge in [0.2, 0.25) is 0 Å². The van der Waals surface area contributed by atoms with E-state index in [9.17, 15) is 13.2 Å². The van der Waals surface area contributed by atoms with Crippen molar-refractivity contribution in [3.63, 3.8) is 0 Å². The van der Waals surface area contributed by atoms with Crippen molar-refractivity contribution < 1.29 is 13.2 Å². The number of carbonyl (C=O) groups excluding carboxylic acids is 1. The predicted octanol–water partition coefficient (Wildman–Crippen LogP) is 2.06. The molecule has 0 spiro atoms. The molecule has 1 fully saturated rings. The zero-order valence-corrected chi connectivity index (χ0v) is 13.1. The van der Waals surface area contributed by atoms with Crippen LogP contribution in [0.3, 0.4) is 0 Å². The molecule has 0 aromatic heterocycles. The molecule has 6 heteroatoms. The molecule has 4 nitrogen and oxygen atoms in total. The first kappa shape index (κ1) is 14.5. The second kappa shape index (κ2) is 5.63. The van der Waals surface area contributed by atoms with Crippen molar-refractivity contribution >= 4 is 31.7 Å². The minimum absolute atomic E-state index is 0.0474. The molecule has 1 aromatic rings. The van der Waals surface area contributed by atoms with Gasteiger partial charge in [-0.1, -0.05) is 22.0 Å². The number of hydrogen-bond donors (Lipinski definition) is 1. The van der Waals surface area contributed by atoms with Crippen LogP contribution in [-0.4, -0.2) is 31.9 Å². The summed E-state index contributed by atoms with van der Waals surface area (Å²) in [7, 11) is -3.00. The Bertz CT molecular complexity index is 598. The van der Waals surface area contributed by atoms with Crippen molar-refractivity contribution in [1.82, 2.24) is 5.32 Å². The second-order valence-corrected chi connectivity index (χ2v) is 7.97. The maximum absolute atomic E-state index is 12.1. The molecule has 1 aliphatic rings.